The molecule has 0 amide bonds. The first kappa shape index (κ1) is 21.7. The Morgan fingerprint density at radius 3 is 2.66 bits per heavy atom. The van der Waals surface area contributed by atoms with Crippen LogP contribution in [0.15, 0.2) is 59.6 Å². The smallest absolute Gasteiger partial charge is 0.192 e. The highest BCUT2D eigenvalue weighted by atomic mass is 16.5. The third-order valence-corrected chi connectivity index (χ3v) is 5.81. The Kier molecular flexibility index (Phi) is 6.89. The average Bonchev–Trinajstić information content (AvgIpc) is 3.43. The second-order valence-electron chi connectivity index (χ2n) is 7.97. The molecule has 0 radical (unpaired) electrons. The molecule has 0 aliphatic carbocycles. The van der Waals surface area contributed by atoms with Crippen LogP contribution in [0.3, 0.4) is 0 Å². The van der Waals surface area contributed by atoms with E-state index in [1.807, 2.05) is 48.9 Å². The van der Waals surface area contributed by atoms with Crippen molar-refractivity contribution in [1.29, 1.82) is 0 Å². The fraction of sp³-hybridized carbons (Fsp3) is 0.375. The summed E-state index contributed by atoms with van der Waals surface area (Å²) in [4.78, 5) is 7.19. The van der Waals surface area contributed by atoms with Crippen molar-refractivity contribution in [3.8, 4) is 5.75 Å². The molecule has 2 N–H and O–H groups in total. The van der Waals surface area contributed by atoms with Crippen molar-refractivity contribution >= 4 is 11.6 Å². The average molecular weight is 434 g/mol. The molecular formula is C24H31N7O. The van der Waals surface area contributed by atoms with Gasteiger partial charge in [0.25, 0.3) is 0 Å². The first-order chi connectivity index (χ1) is 15.6. The van der Waals surface area contributed by atoms with Gasteiger partial charge in [0.2, 0.25) is 0 Å². The summed E-state index contributed by atoms with van der Waals surface area (Å²) >= 11 is 0. The van der Waals surface area contributed by atoms with Gasteiger partial charge in [-0.3, -0.25) is 0 Å². The van der Waals surface area contributed by atoms with Gasteiger partial charge in [0.05, 0.1) is 25.9 Å². The lowest BCUT2D eigenvalue weighted by Crippen LogP contribution is -2.44. The lowest BCUT2D eigenvalue weighted by atomic mass is 10.2. The van der Waals surface area contributed by atoms with Crippen LogP contribution in [0, 0.1) is 6.92 Å². The fourth-order valence-electron chi connectivity index (χ4n) is 3.86. The molecule has 2 heterocycles. The molecule has 4 rings (SSSR count). The van der Waals surface area contributed by atoms with Crippen molar-refractivity contribution in [1.82, 2.24) is 25.4 Å². The van der Waals surface area contributed by atoms with E-state index in [0.29, 0.717) is 13.1 Å². The number of aliphatic imine (C=N–C) groups is 1. The highest BCUT2D eigenvalue weighted by molar-refractivity contribution is 5.80. The molecule has 8 heteroatoms. The summed E-state index contributed by atoms with van der Waals surface area (Å²) in [7, 11) is 3.69. The minimum atomic E-state index is 0.281. The van der Waals surface area contributed by atoms with Gasteiger partial charge >= 0.3 is 0 Å². The van der Waals surface area contributed by atoms with Crippen LogP contribution >= 0.6 is 0 Å². The van der Waals surface area contributed by atoms with E-state index >= 15 is 0 Å². The van der Waals surface area contributed by atoms with E-state index in [4.69, 9.17) is 9.73 Å². The van der Waals surface area contributed by atoms with Crippen LogP contribution in [-0.4, -0.2) is 47.0 Å². The molecule has 1 aliphatic heterocycles. The molecule has 2 aromatic carbocycles. The van der Waals surface area contributed by atoms with Crippen molar-refractivity contribution in [3.05, 3.63) is 71.8 Å². The molecule has 168 valence electrons. The standard InChI is InChI=1S/C24H31N7O/c1-18-28-29-23(30(18)2)16-26-24(25-15-19-9-5-4-6-10-19)27-20-13-14-31(17-20)21-11-7-8-12-22(21)32-3/h4-12,20H,13-17H2,1-3H3,(H2,25,26,27). The number of anilines is 1. The highest BCUT2D eigenvalue weighted by Crippen LogP contribution is 2.30. The van der Waals surface area contributed by atoms with Crippen molar-refractivity contribution < 1.29 is 4.74 Å². The molecule has 1 atom stereocenters. The number of aromatic nitrogens is 3. The van der Waals surface area contributed by atoms with Crippen LogP contribution < -0.4 is 20.3 Å². The first-order valence-corrected chi connectivity index (χ1v) is 11.0. The predicted octanol–water partition coefficient (Wildman–Crippen LogP) is 2.65. The maximum atomic E-state index is 5.55. The predicted molar refractivity (Wildman–Crippen MR) is 127 cm³/mol. The van der Waals surface area contributed by atoms with E-state index in [9.17, 15) is 0 Å². The monoisotopic (exact) mass is 433 g/mol. The number of hydrogen-bond acceptors (Lipinski definition) is 5. The van der Waals surface area contributed by atoms with Crippen molar-refractivity contribution in [2.75, 3.05) is 25.1 Å². The third kappa shape index (κ3) is 5.19. The van der Waals surface area contributed by atoms with Crippen LogP contribution in [0.2, 0.25) is 0 Å². The number of para-hydroxylation sites is 2. The summed E-state index contributed by atoms with van der Waals surface area (Å²) in [6.07, 6.45) is 1.02. The van der Waals surface area contributed by atoms with Gasteiger partial charge in [-0.1, -0.05) is 42.5 Å². The third-order valence-electron chi connectivity index (χ3n) is 5.81. The summed E-state index contributed by atoms with van der Waals surface area (Å²) in [6.45, 7) is 4.96. The summed E-state index contributed by atoms with van der Waals surface area (Å²) < 4.78 is 7.54. The molecule has 1 fully saturated rings. The number of hydrogen-bond donors (Lipinski definition) is 2. The molecular weight excluding hydrogens is 402 g/mol. The van der Waals surface area contributed by atoms with Crippen molar-refractivity contribution in [2.45, 2.75) is 32.5 Å². The van der Waals surface area contributed by atoms with E-state index < -0.39 is 0 Å². The quantitative estimate of drug-likeness (QED) is 0.441. The molecule has 32 heavy (non-hydrogen) atoms. The fourth-order valence-corrected chi connectivity index (χ4v) is 3.86. The number of nitrogens with one attached hydrogen (secondary N) is 2. The van der Waals surface area contributed by atoms with Crippen LogP contribution in [0.25, 0.3) is 0 Å². The van der Waals surface area contributed by atoms with Crippen molar-refractivity contribution in [3.63, 3.8) is 0 Å². The molecule has 1 aliphatic rings. The molecule has 1 saturated heterocycles. The zero-order valence-electron chi connectivity index (χ0n) is 19.0. The Morgan fingerprint density at radius 2 is 1.91 bits per heavy atom. The second kappa shape index (κ2) is 10.2. The summed E-state index contributed by atoms with van der Waals surface area (Å²) in [5.41, 5.74) is 2.30. The van der Waals surface area contributed by atoms with E-state index in [-0.39, 0.29) is 6.04 Å². The van der Waals surface area contributed by atoms with E-state index in [1.165, 1.54) is 5.56 Å². The minimum absolute atomic E-state index is 0.281. The molecule has 0 spiro atoms. The number of aryl methyl sites for hydroxylation is 1. The van der Waals surface area contributed by atoms with Gasteiger partial charge in [0, 0.05) is 26.2 Å². The number of nitrogens with zero attached hydrogens (tertiary/aromatic N) is 5. The first-order valence-electron chi connectivity index (χ1n) is 11.0. The molecule has 1 unspecified atom stereocenters. The lowest BCUT2D eigenvalue weighted by molar-refractivity contribution is 0.415. The lowest BCUT2D eigenvalue weighted by Gasteiger charge is -2.22. The molecule has 3 aromatic rings. The Balaban J connectivity index is 1.44. The normalized spacial score (nSPS) is 16.3. The van der Waals surface area contributed by atoms with Crippen LogP contribution in [0.1, 0.15) is 23.6 Å². The molecule has 8 nitrogen and oxygen atoms in total. The van der Waals surface area contributed by atoms with Crippen LogP contribution in [0.4, 0.5) is 5.69 Å². The molecule has 0 saturated carbocycles. The number of benzene rings is 2. The maximum Gasteiger partial charge on any atom is 0.192 e. The SMILES string of the molecule is COc1ccccc1N1CCC(NC(=NCc2ccccc2)NCc2nnc(C)n2C)C1. The molecule has 1 aromatic heterocycles. The Hall–Kier alpha value is -3.55. The van der Waals surface area contributed by atoms with Crippen molar-refractivity contribution in [2.24, 2.45) is 12.0 Å². The second-order valence-corrected chi connectivity index (χ2v) is 7.97. The Bertz CT molecular complexity index is 1050. The Morgan fingerprint density at radius 1 is 1.12 bits per heavy atom. The summed E-state index contributed by atoms with van der Waals surface area (Å²) in [5.74, 6) is 3.45. The molecule has 0 bridgehead atoms. The maximum absolute atomic E-state index is 5.55. The van der Waals surface area contributed by atoms with Gasteiger partial charge < -0.3 is 24.8 Å². The van der Waals surface area contributed by atoms with E-state index in [2.05, 4.69) is 50.0 Å². The van der Waals surface area contributed by atoms with Gasteiger partial charge in [-0.2, -0.15) is 0 Å². The van der Waals surface area contributed by atoms with Gasteiger partial charge in [0.15, 0.2) is 11.8 Å². The summed E-state index contributed by atoms with van der Waals surface area (Å²) in [6, 6.07) is 18.7. The van der Waals surface area contributed by atoms with Gasteiger partial charge in [0.1, 0.15) is 11.6 Å². The topological polar surface area (TPSA) is 79.6 Å². The van der Waals surface area contributed by atoms with Gasteiger partial charge in [-0.05, 0) is 31.0 Å². The number of guanidine groups is 1. The van der Waals surface area contributed by atoms with Crippen LogP contribution in [0.5, 0.6) is 5.75 Å². The van der Waals surface area contributed by atoms with Crippen LogP contribution in [-0.2, 0) is 20.1 Å². The minimum Gasteiger partial charge on any atom is -0.495 e. The highest BCUT2D eigenvalue weighted by Gasteiger charge is 2.25. The van der Waals surface area contributed by atoms with E-state index in [0.717, 1.165) is 48.6 Å². The number of ether oxygens (including phenoxy) is 1. The van der Waals surface area contributed by atoms with Gasteiger partial charge in [-0.25, -0.2) is 4.99 Å². The largest absolute Gasteiger partial charge is 0.495 e. The zero-order valence-corrected chi connectivity index (χ0v) is 19.0. The summed E-state index contributed by atoms with van der Waals surface area (Å²) in [5, 5.41) is 15.5. The van der Waals surface area contributed by atoms with Gasteiger partial charge in [-0.15, -0.1) is 10.2 Å². The number of rotatable bonds is 7. The van der Waals surface area contributed by atoms with E-state index in [1.54, 1.807) is 7.11 Å². The Labute approximate surface area is 189 Å². The zero-order chi connectivity index (χ0) is 22.3. The number of methoxy groups -OCH3 is 1.